The van der Waals surface area contributed by atoms with Crippen LogP contribution in [0.1, 0.15) is 21.5 Å². The summed E-state index contributed by atoms with van der Waals surface area (Å²) in [6.45, 7) is 2.43. The molecule has 0 fully saturated rings. The van der Waals surface area contributed by atoms with E-state index < -0.39 is 0 Å². The second-order valence-corrected chi connectivity index (χ2v) is 5.98. The van der Waals surface area contributed by atoms with Crippen molar-refractivity contribution < 1.29 is 14.3 Å². The predicted molar refractivity (Wildman–Crippen MR) is 103 cm³/mol. The third-order valence-electron chi connectivity index (χ3n) is 3.97. The third kappa shape index (κ3) is 4.63. The standard InChI is InChI=1S/C22H21NO3/c1-16-6-10-19(11-7-16)23-22(24)18-4-3-5-21(14-18)26-15-17-8-12-20(25-2)13-9-17/h3-14H,15H2,1-2H3,(H,23,24). The quantitative estimate of drug-likeness (QED) is 0.694. The van der Waals surface area contributed by atoms with Gasteiger partial charge in [-0.2, -0.15) is 0 Å². The number of hydrogen-bond acceptors (Lipinski definition) is 3. The second-order valence-electron chi connectivity index (χ2n) is 5.98. The molecular weight excluding hydrogens is 326 g/mol. The number of amides is 1. The van der Waals surface area contributed by atoms with Crippen molar-refractivity contribution in [3.8, 4) is 11.5 Å². The Labute approximate surface area is 153 Å². The molecule has 3 aromatic rings. The van der Waals surface area contributed by atoms with Gasteiger partial charge in [0.1, 0.15) is 18.1 Å². The van der Waals surface area contributed by atoms with Crippen molar-refractivity contribution in [1.82, 2.24) is 0 Å². The molecule has 3 rings (SSSR count). The normalized spacial score (nSPS) is 10.2. The van der Waals surface area contributed by atoms with E-state index in [-0.39, 0.29) is 5.91 Å². The maximum atomic E-state index is 12.4. The molecule has 0 atom stereocenters. The minimum atomic E-state index is -0.163. The maximum Gasteiger partial charge on any atom is 0.255 e. The zero-order valence-corrected chi connectivity index (χ0v) is 14.9. The van der Waals surface area contributed by atoms with Gasteiger partial charge in [-0.05, 0) is 55.0 Å². The fraction of sp³-hybridized carbons (Fsp3) is 0.136. The third-order valence-corrected chi connectivity index (χ3v) is 3.97. The molecule has 0 bridgehead atoms. The van der Waals surface area contributed by atoms with Crippen molar-refractivity contribution in [3.05, 3.63) is 89.5 Å². The lowest BCUT2D eigenvalue weighted by molar-refractivity contribution is 0.102. The number of hydrogen-bond donors (Lipinski definition) is 1. The molecular formula is C22H21NO3. The number of nitrogens with one attached hydrogen (secondary N) is 1. The molecule has 0 saturated carbocycles. The van der Waals surface area contributed by atoms with Crippen LogP contribution in [0, 0.1) is 6.92 Å². The average Bonchev–Trinajstić information content (AvgIpc) is 2.69. The van der Waals surface area contributed by atoms with E-state index in [0.717, 1.165) is 22.6 Å². The van der Waals surface area contributed by atoms with Gasteiger partial charge in [-0.3, -0.25) is 4.79 Å². The van der Waals surface area contributed by atoms with Crippen molar-refractivity contribution >= 4 is 11.6 Å². The molecule has 0 aliphatic rings. The van der Waals surface area contributed by atoms with Gasteiger partial charge in [0.2, 0.25) is 0 Å². The van der Waals surface area contributed by atoms with E-state index in [0.29, 0.717) is 17.9 Å². The summed E-state index contributed by atoms with van der Waals surface area (Å²) in [6.07, 6.45) is 0. The van der Waals surface area contributed by atoms with Crippen molar-refractivity contribution in [2.45, 2.75) is 13.5 Å². The van der Waals surface area contributed by atoms with Gasteiger partial charge in [0.25, 0.3) is 5.91 Å². The number of carbonyl (C=O) groups excluding carboxylic acids is 1. The topological polar surface area (TPSA) is 47.6 Å². The number of methoxy groups -OCH3 is 1. The Kier molecular flexibility index (Phi) is 5.54. The van der Waals surface area contributed by atoms with E-state index in [4.69, 9.17) is 9.47 Å². The highest BCUT2D eigenvalue weighted by atomic mass is 16.5. The van der Waals surface area contributed by atoms with Gasteiger partial charge in [-0.15, -0.1) is 0 Å². The van der Waals surface area contributed by atoms with E-state index in [2.05, 4.69) is 5.32 Å². The Morgan fingerprint density at radius 3 is 2.35 bits per heavy atom. The second kappa shape index (κ2) is 8.21. The van der Waals surface area contributed by atoms with E-state index in [9.17, 15) is 4.79 Å². The van der Waals surface area contributed by atoms with E-state index in [1.807, 2.05) is 67.6 Å². The number of ether oxygens (including phenoxy) is 2. The first-order valence-corrected chi connectivity index (χ1v) is 8.38. The predicted octanol–water partition coefficient (Wildman–Crippen LogP) is 4.83. The summed E-state index contributed by atoms with van der Waals surface area (Å²) in [4.78, 5) is 12.4. The molecule has 0 aromatic heterocycles. The van der Waals surface area contributed by atoms with Crippen LogP contribution in [0.2, 0.25) is 0 Å². The van der Waals surface area contributed by atoms with Gasteiger partial charge >= 0.3 is 0 Å². The molecule has 0 spiro atoms. The maximum absolute atomic E-state index is 12.4. The average molecular weight is 347 g/mol. The number of rotatable bonds is 6. The monoisotopic (exact) mass is 347 g/mol. The minimum Gasteiger partial charge on any atom is -0.497 e. The fourth-order valence-corrected chi connectivity index (χ4v) is 2.46. The van der Waals surface area contributed by atoms with Gasteiger partial charge in [-0.25, -0.2) is 0 Å². The molecule has 1 N–H and O–H groups in total. The molecule has 0 unspecified atom stereocenters. The van der Waals surface area contributed by atoms with Crippen molar-refractivity contribution in [1.29, 1.82) is 0 Å². The van der Waals surface area contributed by atoms with Gasteiger partial charge in [0.05, 0.1) is 7.11 Å². The minimum absolute atomic E-state index is 0.163. The first kappa shape index (κ1) is 17.5. The SMILES string of the molecule is COc1ccc(COc2cccc(C(=O)Nc3ccc(C)cc3)c2)cc1. The van der Waals surface area contributed by atoms with Crippen molar-refractivity contribution in [3.63, 3.8) is 0 Å². The summed E-state index contributed by atoms with van der Waals surface area (Å²) >= 11 is 0. The molecule has 3 aromatic carbocycles. The summed E-state index contributed by atoms with van der Waals surface area (Å²) in [5.41, 5.74) is 3.50. The number of anilines is 1. The Hall–Kier alpha value is -3.27. The molecule has 132 valence electrons. The van der Waals surface area contributed by atoms with Crippen LogP contribution in [-0.2, 0) is 6.61 Å². The van der Waals surface area contributed by atoms with Crippen LogP contribution < -0.4 is 14.8 Å². The highest BCUT2D eigenvalue weighted by Gasteiger charge is 2.07. The summed E-state index contributed by atoms with van der Waals surface area (Å²) in [6, 6.07) is 22.5. The molecule has 4 heteroatoms. The van der Waals surface area contributed by atoms with E-state index >= 15 is 0 Å². The van der Waals surface area contributed by atoms with Crippen LogP contribution in [0.25, 0.3) is 0 Å². The molecule has 0 radical (unpaired) electrons. The molecule has 0 heterocycles. The lowest BCUT2D eigenvalue weighted by Crippen LogP contribution is -2.11. The van der Waals surface area contributed by atoms with Crippen LogP contribution in [-0.4, -0.2) is 13.0 Å². The van der Waals surface area contributed by atoms with Crippen LogP contribution in [0.5, 0.6) is 11.5 Å². The highest BCUT2D eigenvalue weighted by Crippen LogP contribution is 2.18. The van der Waals surface area contributed by atoms with Gasteiger partial charge in [0.15, 0.2) is 0 Å². The Morgan fingerprint density at radius 2 is 1.65 bits per heavy atom. The van der Waals surface area contributed by atoms with Crippen molar-refractivity contribution in [2.75, 3.05) is 12.4 Å². The number of benzene rings is 3. The Morgan fingerprint density at radius 1 is 0.923 bits per heavy atom. The fourth-order valence-electron chi connectivity index (χ4n) is 2.46. The molecule has 0 saturated heterocycles. The first-order valence-electron chi connectivity index (χ1n) is 8.38. The van der Waals surface area contributed by atoms with Gasteiger partial charge in [-0.1, -0.05) is 35.9 Å². The first-order chi connectivity index (χ1) is 12.6. The molecule has 4 nitrogen and oxygen atoms in total. The largest absolute Gasteiger partial charge is 0.497 e. The lowest BCUT2D eigenvalue weighted by atomic mass is 10.2. The smallest absolute Gasteiger partial charge is 0.255 e. The highest BCUT2D eigenvalue weighted by molar-refractivity contribution is 6.04. The van der Waals surface area contributed by atoms with Gasteiger partial charge in [0, 0.05) is 11.3 Å². The number of aryl methyl sites for hydroxylation is 1. The van der Waals surface area contributed by atoms with Crippen molar-refractivity contribution in [2.24, 2.45) is 0 Å². The lowest BCUT2D eigenvalue weighted by Gasteiger charge is -2.09. The van der Waals surface area contributed by atoms with Gasteiger partial charge < -0.3 is 14.8 Å². The zero-order valence-electron chi connectivity index (χ0n) is 14.9. The summed E-state index contributed by atoms with van der Waals surface area (Å²) in [5.74, 6) is 1.30. The molecule has 1 amide bonds. The summed E-state index contributed by atoms with van der Waals surface area (Å²) < 4.78 is 10.9. The van der Waals surface area contributed by atoms with E-state index in [1.165, 1.54) is 0 Å². The summed E-state index contributed by atoms with van der Waals surface area (Å²) in [7, 11) is 1.64. The zero-order chi connectivity index (χ0) is 18.4. The molecule has 0 aliphatic carbocycles. The van der Waals surface area contributed by atoms with Crippen LogP contribution in [0.4, 0.5) is 5.69 Å². The Bertz CT molecular complexity index is 871. The summed E-state index contributed by atoms with van der Waals surface area (Å²) in [5, 5.41) is 2.89. The number of carbonyl (C=O) groups is 1. The molecule has 0 aliphatic heterocycles. The van der Waals surface area contributed by atoms with Crippen LogP contribution in [0.3, 0.4) is 0 Å². The van der Waals surface area contributed by atoms with E-state index in [1.54, 1.807) is 19.2 Å². The molecule has 26 heavy (non-hydrogen) atoms. The Balaban J connectivity index is 1.63. The van der Waals surface area contributed by atoms with Crippen LogP contribution in [0.15, 0.2) is 72.8 Å². The van der Waals surface area contributed by atoms with Crippen LogP contribution >= 0.6 is 0 Å².